The Morgan fingerprint density at radius 1 is 1.53 bits per heavy atom. The van der Waals surface area contributed by atoms with Crippen molar-refractivity contribution >= 4 is 5.91 Å². The number of rotatable bonds is 3. The Kier molecular flexibility index (Phi) is 3.08. The van der Waals surface area contributed by atoms with Crippen molar-refractivity contribution in [1.82, 2.24) is 15.4 Å². The van der Waals surface area contributed by atoms with Gasteiger partial charge in [0.15, 0.2) is 5.76 Å². The van der Waals surface area contributed by atoms with Crippen molar-refractivity contribution in [3.63, 3.8) is 0 Å². The van der Waals surface area contributed by atoms with E-state index < -0.39 is 6.04 Å². The van der Waals surface area contributed by atoms with Crippen LogP contribution >= 0.6 is 0 Å². The maximum atomic E-state index is 12.5. The molecule has 1 unspecified atom stereocenters. The van der Waals surface area contributed by atoms with Gasteiger partial charge in [-0.25, -0.2) is 0 Å². The molecule has 3 heterocycles. The van der Waals surface area contributed by atoms with Crippen LogP contribution in [0, 0.1) is 0 Å². The van der Waals surface area contributed by atoms with E-state index in [1.54, 1.807) is 30.5 Å². The minimum Gasteiger partial charge on any atom is -0.467 e. The number of carbonyl (C=O) groups is 1. The van der Waals surface area contributed by atoms with Crippen LogP contribution in [0.3, 0.4) is 0 Å². The molecule has 3 rings (SSSR count). The first-order valence-corrected chi connectivity index (χ1v) is 6.21. The third-order valence-corrected chi connectivity index (χ3v) is 3.38. The first kappa shape index (κ1) is 12.0. The van der Waals surface area contributed by atoms with Gasteiger partial charge in [-0.2, -0.15) is 0 Å². The zero-order valence-corrected chi connectivity index (χ0v) is 10.6. The van der Waals surface area contributed by atoms with Gasteiger partial charge in [0, 0.05) is 12.6 Å². The van der Waals surface area contributed by atoms with Gasteiger partial charge in [0.2, 0.25) is 5.91 Å². The lowest BCUT2D eigenvalue weighted by molar-refractivity contribution is -0.134. The predicted octanol–water partition coefficient (Wildman–Crippen LogP) is 1.11. The van der Waals surface area contributed by atoms with E-state index in [1.165, 1.54) is 0 Å². The summed E-state index contributed by atoms with van der Waals surface area (Å²) in [5, 5.41) is 6.67. The zero-order valence-electron chi connectivity index (χ0n) is 10.6. The molecule has 0 aromatic carbocycles. The second-order valence-corrected chi connectivity index (χ2v) is 4.52. The topological polar surface area (TPSA) is 71.5 Å². The van der Waals surface area contributed by atoms with E-state index in [4.69, 9.17) is 8.94 Å². The minimum atomic E-state index is -0.435. The van der Waals surface area contributed by atoms with Crippen molar-refractivity contribution in [2.45, 2.75) is 19.0 Å². The average molecular weight is 261 g/mol. The van der Waals surface area contributed by atoms with Gasteiger partial charge in [-0.1, -0.05) is 5.16 Å². The molecule has 0 saturated carbocycles. The van der Waals surface area contributed by atoms with E-state index in [0.717, 1.165) is 12.0 Å². The van der Waals surface area contributed by atoms with Crippen LogP contribution in [0.5, 0.6) is 0 Å². The third-order valence-electron chi connectivity index (χ3n) is 3.38. The first-order valence-electron chi connectivity index (χ1n) is 6.21. The van der Waals surface area contributed by atoms with E-state index >= 15 is 0 Å². The molecule has 1 N–H and O–H groups in total. The summed E-state index contributed by atoms with van der Waals surface area (Å²) in [6.07, 6.45) is 4.00. The monoisotopic (exact) mass is 261 g/mol. The van der Waals surface area contributed by atoms with Gasteiger partial charge in [0.1, 0.15) is 11.8 Å². The molecule has 1 aliphatic heterocycles. The molecule has 100 valence electrons. The van der Waals surface area contributed by atoms with E-state index in [1.807, 2.05) is 6.07 Å². The van der Waals surface area contributed by atoms with Crippen LogP contribution in [0.1, 0.15) is 23.1 Å². The normalized spacial score (nSPS) is 19.3. The molecule has 2 aromatic rings. The van der Waals surface area contributed by atoms with E-state index in [0.29, 0.717) is 24.6 Å². The molecule has 0 spiro atoms. The van der Waals surface area contributed by atoms with Crippen LogP contribution in [-0.4, -0.2) is 29.6 Å². The Morgan fingerprint density at radius 2 is 2.42 bits per heavy atom. The van der Waals surface area contributed by atoms with Crippen LogP contribution in [0.25, 0.3) is 0 Å². The summed E-state index contributed by atoms with van der Waals surface area (Å²) in [6.45, 7) is 1.07. The number of aromatic nitrogens is 1. The van der Waals surface area contributed by atoms with Crippen molar-refractivity contribution in [2.24, 2.45) is 0 Å². The molecule has 0 bridgehead atoms. The molecule has 19 heavy (non-hydrogen) atoms. The van der Waals surface area contributed by atoms with Gasteiger partial charge in [0.25, 0.3) is 0 Å². The number of hydrogen-bond donors (Lipinski definition) is 1. The van der Waals surface area contributed by atoms with Crippen LogP contribution in [-0.2, 0) is 17.8 Å². The predicted molar refractivity (Wildman–Crippen MR) is 66.1 cm³/mol. The molecule has 6 heteroatoms. The SMILES string of the molecule is CNC1C(=O)N(Cc2ccno2)CCc2ccoc21. The minimum absolute atomic E-state index is 0.00685. The van der Waals surface area contributed by atoms with Crippen LogP contribution in [0.2, 0.25) is 0 Å². The van der Waals surface area contributed by atoms with Crippen molar-refractivity contribution in [2.75, 3.05) is 13.6 Å². The third kappa shape index (κ3) is 2.15. The maximum absolute atomic E-state index is 12.5. The van der Waals surface area contributed by atoms with Crippen LogP contribution in [0.15, 0.2) is 33.5 Å². The zero-order chi connectivity index (χ0) is 13.2. The fraction of sp³-hybridized carbons (Fsp3) is 0.385. The van der Waals surface area contributed by atoms with Gasteiger partial charge in [-0.05, 0) is 25.1 Å². The van der Waals surface area contributed by atoms with E-state index in [9.17, 15) is 4.79 Å². The Balaban J connectivity index is 1.85. The highest BCUT2D eigenvalue weighted by Gasteiger charge is 2.32. The molecule has 0 aliphatic carbocycles. The highest BCUT2D eigenvalue weighted by molar-refractivity contribution is 5.83. The van der Waals surface area contributed by atoms with Crippen LogP contribution in [0.4, 0.5) is 0 Å². The number of nitrogens with one attached hydrogen (secondary N) is 1. The summed E-state index contributed by atoms with van der Waals surface area (Å²) >= 11 is 0. The molecular weight excluding hydrogens is 246 g/mol. The molecule has 0 radical (unpaired) electrons. The van der Waals surface area contributed by atoms with Crippen LogP contribution < -0.4 is 5.32 Å². The number of furan rings is 1. The number of hydrogen-bond acceptors (Lipinski definition) is 5. The maximum Gasteiger partial charge on any atom is 0.248 e. The van der Waals surface area contributed by atoms with Gasteiger partial charge in [-0.3, -0.25) is 4.79 Å². The van der Waals surface area contributed by atoms with Gasteiger partial charge in [0.05, 0.1) is 19.0 Å². The summed E-state index contributed by atoms with van der Waals surface area (Å²) < 4.78 is 10.5. The number of nitrogens with zero attached hydrogens (tertiary/aromatic N) is 2. The summed E-state index contributed by atoms with van der Waals surface area (Å²) in [5.41, 5.74) is 1.08. The lowest BCUT2D eigenvalue weighted by Crippen LogP contribution is -2.38. The first-order chi connectivity index (χ1) is 9.29. The molecule has 1 atom stereocenters. The van der Waals surface area contributed by atoms with Crippen molar-refractivity contribution < 1.29 is 13.7 Å². The average Bonchev–Trinajstić information content (AvgIpc) is 3.04. The quantitative estimate of drug-likeness (QED) is 0.896. The van der Waals surface area contributed by atoms with E-state index in [2.05, 4.69) is 10.5 Å². The second-order valence-electron chi connectivity index (χ2n) is 4.52. The number of likely N-dealkylation sites (N-methyl/N-ethyl adjacent to an activating group) is 1. The summed E-state index contributed by atoms with van der Waals surface area (Å²) in [4.78, 5) is 14.3. The standard InChI is InChI=1S/C13H15N3O3/c1-14-11-12-9(4-7-18-12)3-6-16(13(11)17)8-10-2-5-15-19-10/h2,4-5,7,11,14H,3,6,8H2,1H3. The molecular formula is C13H15N3O3. The summed E-state index contributed by atoms with van der Waals surface area (Å²) in [6, 6.07) is 3.25. The molecule has 0 saturated heterocycles. The highest BCUT2D eigenvalue weighted by atomic mass is 16.5. The number of carbonyl (C=O) groups excluding carboxylic acids is 1. The number of amides is 1. The highest BCUT2D eigenvalue weighted by Crippen LogP contribution is 2.26. The smallest absolute Gasteiger partial charge is 0.248 e. The Hall–Kier alpha value is -2.08. The molecule has 0 fully saturated rings. The Bertz CT molecular complexity index is 561. The molecule has 6 nitrogen and oxygen atoms in total. The van der Waals surface area contributed by atoms with E-state index in [-0.39, 0.29) is 5.91 Å². The molecule has 2 aromatic heterocycles. The van der Waals surface area contributed by atoms with Crippen molar-refractivity contribution in [3.05, 3.63) is 41.7 Å². The fourth-order valence-electron chi connectivity index (χ4n) is 2.39. The fourth-order valence-corrected chi connectivity index (χ4v) is 2.39. The largest absolute Gasteiger partial charge is 0.467 e. The van der Waals surface area contributed by atoms with Crippen molar-refractivity contribution in [1.29, 1.82) is 0 Å². The summed E-state index contributed by atoms with van der Waals surface area (Å²) in [7, 11) is 1.76. The lowest BCUT2D eigenvalue weighted by Gasteiger charge is -2.22. The number of fused-ring (bicyclic) bond motifs is 1. The van der Waals surface area contributed by atoms with Gasteiger partial charge < -0.3 is 19.2 Å². The van der Waals surface area contributed by atoms with Gasteiger partial charge >= 0.3 is 0 Å². The molecule has 1 amide bonds. The lowest BCUT2D eigenvalue weighted by atomic mass is 10.1. The Morgan fingerprint density at radius 3 is 3.16 bits per heavy atom. The molecule has 1 aliphatic rings. The second kappa shape index (κ2) is 4.89. The van der Waals surface area contributed by atoms with Gasteiger partial charge in [-0.15, -0.1) is 0 Å². The Labute approximate surface area is 110 Å². The van der Waals surface area contributed by atoms with Crippen molar-refractivity contribution in [3.8, 4) is 0 Å². The summed E-state index contributed by atoms with van der Waals surface area (Å²) in [5.74, 6) is 1.39.